The van der Waals surface area contributed by atoms with Gasteiger partial charge in [-0.1, -0.05) is 81.1 Å². The third-order valence-electron chi connectivity index (χ3n) is 8.14. The molecule has 2 aromatic carbocycles. The van der Waals surface area contributed by atoms with Crippen molar-refractivity contribution in [2.45, 2.75) is 57.7 Å². The van der Waals surface area contributed by atoms with E-state index in [0.717, 1.165) is 35.4 Å². The minimum absolute atomic E-state index is 0.0413. The highest BCUT2D eigenvalue weighted by Crippen LogP contribution is 2.43. The fraction of sp³-hybridized carbons (Fsp3) is 0.517. The summed E-state index contributed by atoms with van der Waals surface area (Å²) in [4.78, 5) is 20.9. The molecule has 2 N–H and O–H groups in total. The monoisotopic (exact) mass is 459 g/mol. The average Bonchev–Trinajstić information content (AvgIpc) is 3.55. The average molecular weight is 460 g/mol. The number of carbonyl (C=O) groups excluding carboxylic acids is 1. The second kappa shape index (κ2) is 9.91. The van der Waals surface area contributed by atoms with Crippen LogP contribution in [0.15, 0.2) is 59.6 Å². The molecule has 5 nitrogen and oxygen atoms in total. The fourth-order valence-electron chi connectivity index (χ4n) is 5.99. The standard InChI is InChI=1S/C29H37N3O2/c1-19(20-10-6-7-11-20)28(33)26(21-16-17-21)29(34)31-25-18-32(2)24-15-9-8-14-23(24)27(30-25)22-12-4-3-5-13-22/h3-5,8-9,12-15,19-21,25-26,28,33H,6-7,10-11,16-18H2,1-2H3,(H,31,34)/t19?,25-,26?,28?/m1/s1. The van der Waals surface area contributed by atoms with Crippen molar-refractivity contribution >= 4 is 17.3 Å². The summed E-state index contributed by atoms with van der Waals surface area (Å²) in [6.07, 6.45) is 5.93. The van der Waals surface area contributed by atoms with Crippen LogP contribution in [0.5, 0.6) is 0 Å². The summed E-state index contributed by atoms with van der Waals surface area (Å²) in [5.41, 5.74) is 4.11. The summed E-state index contributed by atoms with van der Waals surface area (Å²) in [6.45, 7) is 2.73. The molecule has 1 aliphatic heterocycles. The van der Waals surface area contributed by atoms with Crippen molar-refractivity contribution < 1.29 is 9.90 Å². The molecular formula is C29H37N3O2. The largest absolute Gasteiger partial charge is 0.392 e. The third-order valence-corrected chi connectivity index (χ3v) is 8.14. The molecule has 0 bridgehead atoms. The molecule has 0 spiro atoms. The lowest BCUT2D eigenvalue weighted by atomic mass is 9.80. The number of anilines is 1. The van der Waals surface area contributed by atoms with Gasteiger partial charge in [0, 0.05) is 23.9 Å². The minimum atomic E-state index is -0.589. The van der Waals surface area contributed by atoms with Crippen molar-refractivity contribution in [1.29, 1.82) is 0 Å². The van der Waals surface area contributed by atoms with E-state index in [1.54, 1.807) is 0 Å². The highest BCUT2D eigenvalue weighted by atomic mass is 16.3. The summed E-state index contributed by atoms with van der Waals surface area (Å²) in [5, 5.41) is 14.6. The number of aliphatic hydroxyl groups is 1. The van der Waals surface area contributed by atoms with Gasteiger partial charge in [-0.2, -0.15) is 0 Å². The number of rotatable bonds is 7. The maximum Gasteiger partial charge on any atom is 0.227 e. The maximum atomic E-state index is 13.6. The number of amides is 1. The molecule has 2 fully saturated rings. The van der Waals surface area contributed by atoms with E-state index in [1.807, 2.05) is 30.3 Å². The van der Waals surface area contributed by atoms with E-state index in [-0.39, 0.29) is 29.8 Å². The number of aliphatic imine (C=N–C) groups is 1. The highest BCUT2D eigenvalue weighted by Gasteiger charge is 2.44. The van der Waals surface area contributed by atoms with Gasteiger partial charge in [-0.3, -0.25) is 9.79 Å². The molecule has 4 atom stereocenters. The Morgan fingerprint density at radius 3 is 2.38 bits per heavy atom. The van der Waals surface area contributed by atoms with Crippen molar-refractivity contribution in [3.05, 3.63) is 65.7 Å². The second-order valence-corrected chi connectivity index (χ2v) is 10.5. The van der Waals surface area contributed by atoms with Gasteiger partial charge in [0.15, 0.2) is 0 Å². The first-order valence-corrected chi connectivity index (χ1v) is 12.9. The topological polar surface area (TPSA) is 64.9 Å². The quantitative estimate of drug-likeness (QED) is 0.635. The highest BCUT2D eigenvalue weighted by molar-refractivity contribution is 6.16. The van der Waals surface area contributed by atoms with Crippen LogP contribution in [-0.2, 0) is 4.79 Å². The van der Waals surface area contributed by atoms with Gasteiger partial charge in [-0.15, -0.1) is 0 Å². The number of likely N-dealkylation sites (N-methyl/N-ethyl adjacent to an activating group) is 1. The Labute approximate surface area is 203 Å². The van der Waals surface area contributed by atoms with Crippen LogP contribution in [0.4, 0.5) is 5.69 Å². The molecular weight excluding hydrogens is 422 g/mol. The summed E-state index contributed by atoms with van der Waals surface area (Å²) in [5.74, 6) is 0.591. The van der Waals surface area contributed by atoms with Crippen LogP contribution in [-0.4, -0.2) is 42.6 Å². The summed E-state index contributed by atoms with van der Waals surface area (Å²) in [6, 6.07) is 18.5. The van der Waals surface area contributed by atoms with Crippen LogP contribution >= 0.6 is 0 Å². The van der Waals surface area contributed by atoms with Gasteiger partial charge in [0.05, 0.1) is 24.3 Å². The van der Waals surface area contributed by atoms with Crippen molar-refractivity contribution in [2.24, 2.45) is 28.7 Å². The first-order chi connectivity index (χ1) is 16.5. The lowest BCUT2D eigenvalue weighted by molar-refractivity contribution is -0.132. The van der Waals surface area contributed by atoms with Gasteiger partial charge in [0.2, 0.25) is 5.91 Å². The molecule has 2 saturated carbocycles. The Hall–Kier alpha value is -2.66. The van der Waals surface area contributed by atoms with E-state index in [9.17, 15) is 9.90 Å². The molecule has 2 aliphatic carbocycles. The van der Waals surface area contributed by atoms with Crippen molar-refractivity contribution in [2.75, 3.05) is 18.5 Å². The van der Waals surface area contributed by atoms with Crippen LogP contribution in [0.2, 0.25) is 0 Å². The van der Waals surface area contributed by atoms with Gasteiger partial charge in [0.25, 0.3) is 0 Å². The zero-order valence-corrected chi connectivity index (χ0v) is 20.4. The SMILES string of the molecule is CC(C1CCCC1)C(O)C(C(=O)N[C@@H]1CN(C)c2ccccc2C(c2ccccc2)=N1)C1CC1. The number of nitrogens with one attached hydrogen (secondary N) is 1. The Morgan fingerprint density at radius 2 is 1.68 bits per heavy atom. The van der Waals surface area contributed by atoms with E-state index in [2.05, 4.69) is 48.5 Å². The molecule has 5 rings (SSSR count). The number of para-hydroxylation sites is 1. The zero-order valence-electron chi connectivity index (χ0n) is 20.4. The van der Waals surface area contributed by atoms with Crippen LogP contribution in [0.25, 0.3) is 0 Å². The normalized spacial score (nSPS) is 23.4. The van der Waals surface area contributed by atoms with E-state index in [4.69, 9.17) is 4.99 Å². The number of benzene rings is 2. The molecule has 34 heavy (non-hydrogen) atoms. The smallest absolute Gasteiger partial charge is 0.227 e. The first-order valence-electron chi connectivity index (χ1n) is 12.9. The number of nitrogens with zero attached hydrogens (tertiary/aromatic N) is 2. The number of fused-ring (bicyclic) bond motifs is 1. The van der Waals surface area contributed by atoms with E-state index in [1.165, 1.54) is 25.7 Å². The number of benzodiazepines with no additional fused rings is 1. The van der Waals surface area contributed by atoms with Crippen molar-refractivity contribution in [1.82, 2.24) is 5.32 Å². The lowest BCUT2D eigenvalue weighted by Crippen LogP contribution is -2.48. The molecule has 0 saturated heterocycles. The van der Waals surface area contributed by atoms with Gasteiger partial charge >= 0.3 is 0 Å². The van der Waals surface area contributed by atoms with E-state index >= 15 is 0 Å². The summed E-state index contributed by atoms with van der Waals surface area (Å²) < 4.78 is 0. The Kier molecular flexibility index (Phi) is 6.73. The Bertz CT molecular complexity index is 1030. The molecule has 0 aromatic heterocycles. The first kappa shape index (κ1) is 23.1. The van der Waals surface area contributed by atoms with Crippen LogP contribution < -0.4 is 10.2 Å². The van der Waals surface area contributed by atoms with Crippen molar-refractivity contribution in [3.8, 4) is 0 Å². The van der Waals surface area contributed by atoms with Crippen LogP contribution in [0.3, 0.4) is 0 Å². The van der Waals surface area contributed by atoms with Crippen LogP contribution in [0.1, 0.15) is 56.6 Å². The predicted molar refractivity (Wildman–Crippen MR) is 137 cm³/mol. The molecule has 180 valence electrons. The molecule has 2 aromatic rings. The van der Waals surface area contributed by atoms with Gasteiger partial charge < -0.3 is 15.3 Å². The van der Waals surface area contributed by atoms with Crippen LogP contribution in [0, 0.1) is 23.7 Å². The maximum absolute atomic E-state index is 13.6. The Balaban J connectivity index is 1.41. The van der Waals surface area contributed by atoms with Gasteiger partial charge in [0.1, 0.15) is 6.17 Å². The summed E-state index contributed by atoms with van der Waals surface area (Å²) in [7, 11) is 2.05. The van der Waals surface area contributed by atoms with Gasteiger partial charge in [-0.05, 0) is 36.7 Å². The zero-order chi connectivity index (χ0) is 23.7. The summed E-state index contributed by atoms with van der Waals surface area (Å²) >= 11 is 0. The molecule has 1 amide bonds. The fourth-order valence-corrected chi connectivity index (χ4v) is 5.99. The number of aliphatic hydroxyl groups excluding tert-OH is 1. The molecule has 0 radical (unpaired) electrons. The minimum Gasteiger partial charge on any atom is -0.392 e. The number of hydrogen-bond acceptors (Lipinski definition) is 4. The molecule has 5 heteroatoms. The Morgan fingerprint density at radius 1 is 1.00 bits per heavy atom. The third kappa shape index (κ3) is 4.76. The molecule has 3 unspecified atom stereocenters. The predicted octanol–water partition coefficient (Wildman–Crippen LogP) is 4.63. The number of hydrogen-bond donors (Lipinski definition) is 2. The van der Waals surface area contributed by atoms with E-state index < -0.39 is 6.10 Å². The van der Waals surface area contributed by atoms with Gasteiger partial charge in [-0.25, -0.2) is 0 Å². The van der Waals surface area contributed by atoms with Crippen molar-refractivity contribution in [3.63, 3.8) is 0 Å². The molecule has 1 heterocycles. The number of carbonyl (C=O) groups is 1. The molecule has 3 aliphatic rings. The lowest BCUT2D eigenvalue weighted by Gasteiger charge is -2.32. The second-order valence-electron chi connectivity index (χ2n) is 10.5. The van der Waals surface area contributed by atoms with E-state index in [0.29, 0.717) is 12.5 Å².